The van der Waals surface area contributed by atoms with Gasteiger partial charge in [0.15, 0.2) is 0 Å². The number of hydrogen-bond acceptors (Lipinski definition) is 6. The Hall–Kier alpha value is -2.80. The topological polar surface area (TPSA) is 72.7 Å². The Morgan fingerprint density at radius 3 is 2.77 bits per heavy atom. The van der Waals surface area contributed by atoms with Crippen molar-refractivity contribution < 1.29 is 0 Å². The SMILES string of the molecule is Cc1ccc(-n2cnc3c(sc4ncnc(NCC5CC5)c43)c2=O)cc1. The maximum absolute atomic E-state index is 13.0. The van der Waals surface area contributed by atoms with E-state index < -0.39 is 0 Å². The molecule has 0 aliphatic heterocycles. The predicted molar refractivity (Wildman–Crippen MR) is 104 cm³/mol. The lowest BCUT2D eigenvalue weighted by molar-refractivity contribution is 0.884. The molecule has 0 amide bonds. The van der Waals surface area contributed by atoms with Gasteiger partial charge in [0.25, 0.3) is 5.56 Å². The maximum Gasteiger partial charge on any atom is 0.275 e. The van der Waals surface area contributed by atoms with Gasteiger partial charge in [-0.25, -0.2) is 15.0 Å². The number of anilines is 1. The second kappa shape index (κ2) is 5.88. The molecule has 0 unspecified atom stereocenters. The van der Waals surface area contributed by atoms with E-state index in [0.29, 0.717) is 10.2 Å². The van der Waals surface area contributed by atoms with Crippen LogP contribution in [0.25, 0.3) is 26.1 Å². The summed E-state index contributed by atoms with van der Waals surface area (Å²) < 4.78 is 2.19. The third kappa shape index (κ3) is 2.55. The monoisotopic (exact) mass is 363 g/mol. The van der Waals surface area contributed by atoms with E-state index in [2.05, 4.69) is 20.3 Å². The van der Waals surface area contributed by atoms with Crippen molar-refractivity contribution in [3.63, 3.8) is 0 Å². The molecule has 1 aromatic carbocycles. The lowest BCUT2D eigenvalue weighted by Gasteiger charge is -2.06. The average molecular weight is 363 g/mol. The van der Waals surface area contributed by atoms with Crippen LogP contribution in [0, 0.1) is 12.8 Å². The Morgan fingerprint density at radius 1 is 1.19 bits per heavy atom. The predicted octanol–water partition coefficient (Wildman–Crippen LogP) is 3.52. The number of hydrogen-bond donors (Lipinski definition) is 1. The van der Waals surface area contributed by atoms with Gasteiger partial charge in [-0.3, -0.25) is 9.36 Å². The van der Waals surface area contributed by atoms with Gasteiger partial charge in [-0.1, -0.05) is 17.7 Å². The Labute approximate surface area is 153 Å². The Morgan fingerprint density at radius 2 is 2.00 bits per heavy atom. The molecule has 3 aromatic heterocycles. The van der Waals surface area contributed by atoms with Gasteiger partial charge in [-0.05, 0) is 37.8 Å². The maximum atomic E-state index is 13.0. The Kier molecular flexibility index (Phi) is 3.49. The normalized spacial score (nSPS) is 14.2. The Balaban J connectivity index is 1.68. The van der Waals surface area contributed by atoms with E-state index in [4.69, 9.17) is 0 Å². The van der Waals surface area contributed by atoms with Crippen molar-refractivity contribution in [2.45, 2.75) is 19.8 Å². The minimum absolute atomic E-state index is 0.0741. The highest BCUT2D eigenvalue weighted by atomic mass is 32.1. The first-order valence-electron chi connectivity index (χ1n) is 8.66. The molecule has 0 spiro atoms. The number of aryl methyl sites for hydroxylation is 1. The van der Waals surface area contributed by atoms with Crippen molar-refractivity contribution in [3.05, 3.63) is 52.8 Å². The van der Waals surface area contributed by atoms with Crippen LogP contribution in [0.5, 0.6) is 0 Å². The van der Waals surface area contributed by atoms with E-state index in [1.54, 1.807) is 17.2 Å². The molecule has 7 heteroatoms. The lowest BCUT2D eigenvalue weighted by Crippen LogP contribution is -2.17. The highest BCUT2D eigenvalue weighted by Gasteiger charge is 2.22. The van der Waals surface area contributed by atoms with Gasteiger partial charge in [-0.2, -0.15) is 0 Å². The summed E-state index contributed by atoms with van der Waals surface area (Å²) in [7, 11) is 0. The molecule has 1 saturated carbocycles. The van der Waals surface area contributed by atoms with Gasteiger partial charge in [0.05, 0.1) is 11.1 Å². The molecule has 6 nitrogen and oxygen atoms in total. The van der Waals surface area contributed by atoms with Crippen LogP contribution in [0.4, 0.5) is 5.82 Å². The van der Waals surface area contributed by atoms with Crippen LogP contribution in [0.15, 0.2) is 41.7 Å². The molecule has 1 aliphatic carbocycles. The first kappa shape index (κ1) is 15.5. The van der Waals surface area contributed by atoms with E-state index in [1.165, 1.54) is 24.2 Å². The summed E-state index contributed by atoms with van der Waals surface area (Å²) in [6.45, 7) is 2.93. The van der Waals surface area contributed by atoms with Gasteiger partial charge < -0.3 is 5.32 Å². The van der Waals surface area contributed by atoms with Gasteiger partial charge in [0, 0.05) is 6.54 Å². The summed E-state index contributed by atoms with van der Waals surface area (Å²) in [5.74, 6) is 1.50. The molecule has 1 N–H and O–H groups in total. The van der Waals surface area contributed by atoms with Crippen LogP contribution in [0.1, 0.15) is 18.4 Å². The van der Waals surface area contributed by atoms with Gasteiger partial charge >= 0.3 is 0 Å². The zero-order valence-electron chi connectivity index (χ0n) is 14.3. The molecule has 0 saturated heterocycles. The first-order chi connectivity index (χ1) is 12.7. The average Bonchev–Trinajstić information content (AvgIpc) is 3.40. The molecule has 3 heterocycles. The summed E-state index contributed by atoms with van der Waals surface area (Å²) in [5.41, 5.74) is 2.57. The smallest absolute Gasteiger partial charge is 0.275 e. The van der Waals surface area contributed by atoms with Crippen LogP contribution in [-0.2, 0) is 0 Å². The molecule has 1 aliphatic rings. The number of benzene rings is 1. The zero-order valence-corrected chi connectivity index (χ0v) is 15.1. The molecule has 4 aromatic rings. The molecule has 1 fully saturated rings. The summed E-state index contributed by atoms with van der Waals surface area (Å²) in [5, 5.41) is 4.25. The minimum atomic E-state index is -0.0741. The number of nitrogens with one attached hydrogen (secondary N) is 1. The molecule has 130 valence electrons. The quantitative estimate of drug-likeness (QED) is 0.601. The fourth-order valence-electron chi connectivity index (χ4n) is 3.05. The lowest BCUT2D eigenvalue weighted by atomic mass is 10.2. The van der Waals surface area contributed by atoms with Crippen molar-refractivity contribution in [2.75, 3.05) is 11.9 Å². The fourth-order valence-corrected chi connectivity index (χ4v) is 4.08. The molecular weight excluding hydrogens is 346 g/mol. The van der Waals surface area contributed by atoms with Crippen molar-refractivity contribution in [1.82, 2.24) is 19.5 Å². The number of nitrogens with zero attached hydrogens (tertiary/aromatic N) is 4. The third-order valence-corrected chi connectivity index (χ3v) is 5.82. The fraction of sp³-hybridized carbons (Fsp3) is 0.263. The highest BCUT2D eigenvalue weighted by molar-refractivity contribution is 7.25. The van der Waals surface area contributed by atoms with E-state index in [1.807, 2.05) is 31.2 Å². The first-order valence-corrected chi connectivity index (χ1v) is 9.48. The highest BCUT2D eigenvalue weighted by Crippen LogP contribution is 2.34. The largest absolute Gasteiger partial charge is 0.369 e. The number of rotatable bonds is 4. The van der Waals surface area contributed by atoms with Crippen LogP contribution >= 0.6 is 11.3 Å². The van der Waals surface area contributed by atoms with Gasteiger partial charge in [0.1, 0.15) is 33.5 Å². The minimum Gasteiger partial charge on any atom is -0.369 e. The number of thiophene rings is 1. The van der Waals surface area contributed by atoms with Gasteiger partial charge in [-0.15, -0.1) is 11.3 Å². The molecule has 5 rings (SSSR count). The van der Waals surface area contributed by atoms with E-state index in [-0.39, 0.29) is 5.56 Å². The third-order valence-electron chi connectivity index (χ3n) is 4.75. The van der Waals surface area contributed by atoms with Crippen LogP contribution in [-0.4, -0.2) is 26.1 Å². The molecular formula is C19H17N5OS. The van der Waals surface area contributed by atoms with Crippen molar-refractivity contribution >= 4 is 37.6 Å². The van der Waals surface area contributed by atoms with Crippen LogP contribution in [0.2, 0.25) is 0 Å². The number of fused-ring (bicyclic) bond motifs is 3. The summed E-state index contributed by atoms with van der Waals surface area (Å²) in [6.07, 6.45) is 5.68. The second-order valence-electron chi connectivity index (χ2n) is 6.76. The molecule has 0 radical (unpaired) electrons. The summed E-state index contributed by atoms with van der Waals surface area (Å²) >= 11 is 1.38. The summed E-state index contributed by atoms with van der Waals surface area (Å²) in [4.78, 5) is 27.2. The van der Waals surface area contributed by atoms with Crippen LogP contribution in [0.3, 0.4) is 0 Å². The van der Waals surface area contributed by atoms with Crippen LogP contribution < -0.4 is 10.9 Å². The van der Waals surface area contributed by atoms with E-state index in [0.717, 1.165) is 39.7 Å². The van der Waals surface area contributed by atoms with Gasteiger partial charge in [0.2, 0.25) is 0 Å². The second-order valence-corrected chi connectivity index (χ2v) is 7.76. The zero-order chi connectivity index (χ0) is 17.7. The number of aromatic nitrogens is 4. The standard InChI is InChI=1S/C19H17N5OS/c1-11-2-6-13(7-3-11)24-10-23-15-14-17(20-8-12-4-5-12)21-9-22-18(14)26-16(15)19(24)25/h2-3,6-7,9-10,12H,4-5,8H2,1H3,(H,20,21,22). The molecule has 0 atom stereocenters. The van der Waals surface area contributed by atoms with Crippen molar-refractivity contribution in [2.24, 2.45) is 5.92 Å². The van der Waals surface area contributed by atoms with E-state index >= 15 is 0 Å². The Bertz CT molecular complexity index is 1170. The summed E-state index contributed by atoms with van der Waals surface area (Å²) in [6, 6.07) is 7.84. The molecule has 0 bridgehead atoms. The van der Waals surface area contributed by atoms with E-state index in [9.17, 15) is 4.79 Å². The molecule has 26 heavy (non-hydrogen) atoms. The van der Waals surface area contributed by atoms with Crippen molar-refractivity contribution in [1.29, 1.82) is 0 Å². The van der Waals surface area contributed by atoms with Crippen molar-refractivity contribution in [3.8, 4) is 5.69 Å².